The van der Waals surface area contributed by atoms with E-state index >= 15 is 0 Å². The van der Waals surface area contributed by atoms with E-state index in [0.717, 1.165) is 0 Å². The Morgan fingerprint density at radius 2 is 1.93 bits per heavy atom. The lowest BCUT2D eigenvalue weighted by molar-refractivity contribution is -0.119. The third-order valence-corrected chi connectivity index (χ3v) is 3.92. The Hall–Kier alpha value is -3.16. The largest absolute Gasteiger partial charge is 0.452 e. The third kappa shape index (κ3) is 5.42. The van der Waals surface area contributed by atoms with Gasteiger partial charge in [-0.05, 0) is 31.4 Å². The number of benzene rings is 1. The molecule has 2 amide bonds. The number of nitrogens with one attached hydrogen (secondary N) is 2. The van der Waals surface area contributed by atoms with Crippen molar-refractivity contribution in [1.29, 1.82) is 0 Å². The summed E-state index contributed by atoms with van der Waals surface area (Å²) in [6.07, 6.45) is 0.507. The standard InChI is InChI=1S/C20H25N3O5/c1-5-15-18(13(4)28-23-15)20(26)27-11-17(24)22-16-9-7-6-8-14(16)19(25)21-10-12(2)3/h6-9,12H,5,10-11H2,1-4H3,(H,21,25)(H,22,24). The normalized spacial score (nSPS) is 10.6. The molecule has 0 bridgehead atoms. The molecular formula is C20H25N3O5. The molecule has 1 aromatic heterocycles. The summed E-state index contributed by atoms with van der Waals surface area (Å²) in [4.78, 5) is 36.7. The average molecular weight is 387 g/mol. The zero-order valence-corrected chi connectivity index (χ0v) is 16.5. The molecule has 1 aromatic carbocycles. The summed E-state index contributed by atoms with van der Waals surface area (Å²) in [5.74, 6) is -0.860. The van der Waals surface area contributed by atoms with E-state index in [0.29, 0.717) is 41.6 Å². The molecule has 0 aliphatic rings. The summed E-state index contributed by atoms with van der Waals surface area (Å²) < 4.78 is 10.1. The molecule has 0 unspecified atom stereocenters. The van der Waals surface area contributed by atoms with E-state index in [2.05, 4.69) is 15.8 Å². The summed E-state index contributed by atoms with van der Waals surface area (Å²) in [7, 11) is 0. The molecule has 0 spiro atoms. The van der Waals surface area contributed by atoms with Crippen LogP contribution in [0.15, 0.2) is 28.8 Å². The van der Waals surface area contributed by atoms with Crippen LogP contribution in [0, 0.1) is 12.8 Å². The third-order valence-electron chi connectivity index (χ3n) is 3.92. The van der Waals surface area contributed by atoms with Crippen molar-refractivity contribution in [1.82, 2.24) is 10.5 Å². The van der Waals surface area contributed by atoms with Crippen molar-refractivity contribution in [2.24, 2.45) is 5.92 Å². The van der Waals surface area contributed by atoms with Gasteiger partial charge in [0, 0.05) is 6.54 Å². The number of amides is 2. The van der Waals surface area contributed by atoms with Gasteiger partial charge in [-0.25, -0.2) is 4.79 Å². The van der Waals surface area contributed by atoms with E-state index in [1.165, 1.54) is 0 Å². The van der Waals surface area contributed by atoms with E-state index in [9.17, 15) is 14.4 Å². The predicted octanol–water partition coefficient (Wildman–Crippen LogP) is 2.73. The topological polar surface area (TPSA) is 111 Å². The lowest BCUT2D eigenvalue weighted by atomic mass is 10.1. The van der Waals surface area contributed by atoms with Crippen LogP contribution in [0.25, 0.3) is 0 Å². The van der Waals surface area contributed by atoms with Gasteiger partial charge < -0.3 is 19.9 Å². The molecule has 0 saturated heterocycles. The van der Waals surface area contributed by atoms with E-state index in [1.54, 1.807) is 31.2 Å². The summed E-state index contributed by atoms with van der Waals surface area (Å²) in [6.45, 7) is 7.45. The van der Waals surface area contributed by atoms with Crippen LogP contribution in [-0.2, 0) is 16.0 Å². The maximum Gasteiger partial charge on any atom is 0.344 e. The minimum absolute atomic E-state index is 0.240. The van der Waals surface area contributed by atoms with Crippen LogP contribution in [0.3, 0.4) is 0 Å². The number of para-hydroxylation sites is 1. The van der Waals surface area contributed by atoms with Gasteiger partial charge in [-0.3, -0.25) is 9.59 Å². The Balaban J connectivity index is 1.99. The van der Waals surface area contributed by atoms with Gasteiger partial charge in [0.05, 0.1) is 16.9 Å². The Morgan fingerprint density at radius 3 is 2.61 bits per heavy atom. The molecule has 2 N–H and O–H groups in total. The first kappa shape index (κ1) is 21.1. The van der Waals surface area contributed by atoms with Crippen molar-refractivity contribution in [3.8, 4) is 0 Å². The fourth-order valence-electron chi connectivity index (χ4n) is 2.49. The number of ether oxygens (including phenoxy) is 1. The molecule has 8 nitrogen and oxygen atoms in total. The van der Waals surface area contributed by atoms with Gasteiger partial charge in [-0.15, -0.1) is 0 Å². The van der Waals surface area contributed by atoms with Crippen LogP contribution >= 0.6 is 0 Å². The van der Waals surface area contributed by atoms with E-state index in [1.807, 2.05) is 20.8 Å². The maximum absolute atomic E-state index is 12.3. The number of hydrogen-bond donors (Lipinski definition) is 2. The minimum Gasteiger partial charge on any atom is -0.452 e. The van der Waals surface area contributed by atoms with Crippen LogP contribution in [0.2, 0.25) is 0 Å². The van der Waals surface area contributed by atoms with Crippen molar-refractivity contribution in [2.75, 3.05) is 18.5 Å². The maximum atomic E-state index is 12.3. The lowest BCUT2D eigenvalue weighted by Crippen LogP contribution is -2.29. The Bertz CT molecular complexity index is 857. The van der Waals surface area contributed by atoms with E-state index in [4.69, 9.17) is 9.26 Å². The fraction of sp³-hybridized carbons (Fsp3) is 0.400. The number of carbonyl (C=O) groups excluding carboxylic acids is 3. The molecule has 2 aromatic rings. The highest BCUT2D eigenvalue weighted by molar-refractivity contribution is 6.04. The van der Waals surface area contributed by atoms with E-state index in [-0.39, 0.29) is 11.5 Å². The second-order valence-corrected chi connectivity index (χ2v) is 6.69. The number of aromatic nitrogens is 1. The van der Waals surface area contributed by atoms with Crippen molar-refractivity contribution in [3.05, 3.63) is 46.8 Å². The fourth-order valence-corrected chi connectivity index (χ4v) is 2.49. The van der Waals surface area contributed by atoms with Gasteiger partial charge in [-0.2, -0.15) is 0 Å². The summed E-state index contributed by atoms with van der Waals surface area (Å²) >= 11 is 0. The number of nitrogens with zero attached hydrogens (tertiary/aromatic N) is 1. The molecule has 0 fully saturated rings. The summed E-state index contributed by atoms with van der Waals surface area (Å²) in [5, 5.41) is 9.20. The highest BCUT2D eigenvalue weighted by atomic mass is 16.5. The van der Waals surface area contributed by atoms with Gasteiger partial charge >= 0.3 is 5.97 Å². The second kappa shape index (κ2) is 9.68. The van der Waals surface area contributed by atoms with Crippen LogP contribution in [0.5, 0.6) is 0 Å². The quantitative estimate of drug-likeness (QED) is 0.674. The number of rotatable bonds is 8. The molecule has 1 heterocycles. The Labute approximate surface area is 163 Å². The Morgan fingerprint density at radius 1 is 1.21 bits per heavy atom. The Kier molecular flexibility index (Phi) is 7.31. The summed E-state index contributed by atoms with van der Waals surface area (Å²) in [6, 6.07) is 6.64. The molecule has 150 valence electrons. The van der Waals surface area contributed by atoms with Crippen LogP contribution in [-0.4, -0.2) is 36.1 Å². The van der Waals surface area contributed by atoms with Gasteiger partial charge in [0.2, 0.25) is 0 Å². The first-order valence-electron chi connectivity index (χ1n) is 9.12. The number of hydrogen-bond acceptors (Lipinski definition) is 6. The number of anilines is 1. The van der Waals surface area contributed by atoms with Crippen molar-refractivity contribution in [2.45, 2.75) is 34.1 Å². The number of aryl methyl sites for hydroxylation is 2. The molecule has 28 heavy (non-hydrogen) atoms. The molecule has 0 aliphatic carbocycles. The van der Waals surface area contributed by atoms with Crippen molar-refractivity contribution < 1.29 is 23.6 Å². The van der Waals surface area contributed by atoms with Gasteiger partial charge in [0.1, 0.15) is 11.3 Å². The number of esters is 1. The number of carbonyl (C=O) groups is 3. The molecule has 2 rings (SSSR count). The zero-order valence-electron chi connectivity index (χ0n) is 16.5. The van der Waals surface area contributed by atoms with E-state index < -0.39 is 18.5 Å². The molecular weight excluding hydrogens is 362 g/mol. The highest BCUT2D eigenvalue weighted by Crippen LogP contribution is 2.17. The molecule has 0 atom stereocenters. The molecule has 8 heteroatoms. The molecule has 0 aliphatic heterocycles. The van der Waals surface area contributed by atoms with Crippen molar-refractivity contribution >= 4 is 23.5 Å². The van der Waals surface area contributed by atoms with Gasteiger partial charge in [0.15, 0.2) is 6.61 Å². The van der Waals surface area contributed by atoms with Crippen LogP contribution in [0.1, 0.15) is 52.9 Å². The molecule has 0 radical (unpaired) electrons. The zero-order chi connectivity index (χ0) is 20.7. The first-order valence-corrected chi connectivity index (χ1v) is 9.12. The van der Waals surface area contributed by atoms with Crippen LogP contribution in [0.4, 0.5) is 5.69 Å². The lowest BCUT2D eigenvalue weighted by Gasteiger charge is -2.12. The SMILES string of the molecule is CCc1noc(C)c1C(=O)OCC(=O)Nc1ccccc1C(=O)NCC(C)C. The van der Waals surface area contributed by atoms with Gasteiger partial charge in [-0.1, -0.05) is 38.1 Å². The van der Waals surface area contributed by atoms with Gasteiger partial charge in [0.25, 0.3) is 11.8 Å². The first-order chi connectivity index (χ1) is 13.3. The van der Waals surface area contributed by atoms with Crippen LogP contribution < -0.4 is 10.6 Å². The molecule has 0 saturated carbocycles. The highest BCUT2D eigenvalue weighted by Gasteiger charge is 2.22. The monoisotopic (exact) mass is 387 g/mol. The average Bonchev–Trinajstić information content (AvgIpc) is 3.05. The summed E-state index contributed by atoms with van der Waals surface area (Å²) in [5.41, 5.74) is 1.41. The predicted molar refractivity (Wildman–Crippen MR) is 103 cm³/mol. The smallest absolute Gasteiger partial charge is 0.344 e. The minimum atomic E-state index is -0.672. The van der Waals surface area contributed by atoms with Crippen molar-refractivity contribution in [3.63, 3.8) is 0 Å². The second-order valence-electron chi connectivity index (χ2n) is 6.69.